The van der Waals surface area contributed by atoms with Crippen LogP contribution in [0, 0.1) is 47.3 Å². The number of benzene rings is 1. The molecule has 1 aromatic carbocycles. The minimum atomic E-state index is 0.299. The van der Waals surface area contributed by atoms with E-state index in [0.29, 0.717) is 39.2 Å². The van der Waals surface area contributed by atoms with Gasteiger partial charge in [0.15, 0.2) is 5.65 Å². The van der Waals surface area contributed by atoms with Gasteiger partial charge in [0.2, 0.25) is 5.88 Å². The van der Waals surface area contributed by atoms with Gasteiger partial charge in [-0.2, -0.15) is 20.7 Å². The summed E-state index contributed by atoms with van der Waals surface area (Å²) in [6.45, 7) is 14.2. The van der Waals surface area contributed by atoms with Crippen molar-refractivity contribution in [2.24, 2.45) is 17.9 Å². The highest BCUT2D eigenvalue weighted by molar-refractivity contribution is 5.89. The van der Waals surface area contributed by atoms with E-state index in [1.807, 2.05) is 110 Å². The predicted molar refractivity (Wildman–Crippen MR) is 257 cm³/mol. The van der Waals surface area contributed by atoms with Crippen LogP contribution in [0.25, 0.3) is 66.8 Å². The van der Waals surface area contributed by atoms with E-state index >= 15 is 0 Å². The third-order valence-electron chi connectivity index (χ3n) is 13.1. The fourth-order valence-corrected chi connectivity index (χ4v) is 9.46. The van der Waals surface area contributed by atoms with Crippen molar-refractivity contribution in [3.63, 3.8) is 0 Å². The van der Waals surface area contributed by atoms with Gasteiger partial charge in [-0.25, -0.2) is 9.97 Å². The number of methoxy groups -OCH3 is 1. The first-order valence-corrected chi connectivity index (χ1v) is 22.9. The maximum absolute atomic E-state index is 9.63. The number of hydrogen-bond donors (Lipinski definition) is 0. The van der Waals surface area contributed by atoms with Gasteiger partial charge < -0.3 is 9.30 Å². The molecule has 0 unspecified atom stereocenters. The minimum Gasteiger partial charge on any atom is -0.480 e. The van der Waals surface area contributed by atoms with Crippen LogP contribution in [-0.4, -0.2) is 61.4 Å². The Balaban J connectivity index is 0.000000173. The van der Waals surface area contributed by atoms with Crippen LogP contribution in [-0.2, 0) is 20.1 Å². The number of fused-ring (bicyclic) bond motifs is 2. The van der Waals surface area contributed by atoms with Crippen molar-refractivity contribution in [1.29, 1.82) is 10.5 Å². The fraction of sp³-hybridized carbons (Fsp3) is 0.385. The molecule has 0 aliphatic heterocycles. The first-order chi connectivity index (χ1) is 31.9. The van der Waals surface area contributed by atoms with E-state index in [4.69, 9.17) is 14.7 Å². The lowest BCUT2D eigenvalue weighted by Crippen LogP contribution is -2.19. The van der Waals surface area contributed by atoms with Crippen molar-refractivity contribution >= 4 is 22.1 Å². The van der Waals surface area contributed by atoms with Crippen LogP contribution < -0.4 is 4.74 Å². The number of hydrogen-bond acceptors (Lipinski definition) is 11. The van der Waals surface area contributed by atoms with E-state index in [9.17, 15) is 10.5 Å². The molecule has 7 heterocycles. The Labute approximate surface area is 386 Å². The quantitative estimate of drug-likeness (QED) is 0.135. The first-order valence-electron chi connectivity index (χ1n) is 22.9. The Morgan fingerprint density at radius 1 is 0.652 bits per heavy atom. The molecule has 10 rings (SSSR count). The van der Waals surface area contributed by atoms with Gasteiger partial charge in [-0.15, -0.1) is 10.2 Å². The minimum absolute atomic E-state index is 0.299. The Morgan fingerprint density at radius 3 is 1.71 bits per heavy atom. The molecule has 0 atom stereocenters. The number of aryl methyl sites for hydroxylation is 3. The third-order valence-corrected chi connectivity index (χ3v) is 13.1. The second-order valence-electron chi connectivity index (χ2n) is 18.2. The van der Waals surface area contributed by atoms with Gasteiger partial charge in [0.25, 0.3) is 0 Å². The standard InChI is InChI=1S/C26H26N6O.C24H25N7.C2H6/c1-17-20(13-27)10-22(21-14-28-32(15-21)16-26(2)8-4-5-9-26)25(29-17)19-7-6-18-12-24(33-3)31-30-23(18)11-19;1-16-17(10-25)8-20(19-12-28-31(13-19)14-24(2)6-4-5-7-24)22(29-16)18-9-21-23(26-11-18)30(3)15-27-21;1-2/h6-7,10-12,14-15H,4-5,8-9,16H2,1-3H3;8-9,11-13,15H,4-7,14H2,1-3H3;1-2H3. The van der Waals surface area contributed by atoms with Crippen LogP contribution in [0.3, 0.4) is 0 Å². The van der Waals surface area contributed by atoms with E-state index in [2.05, 4.69) is 68.7 Å². The van der Waals surface area contributed by atoms with Gasteiger partial charge in [-0.1, -0.05) is 65.5 Å². The van der Waals surface area contributed by atoms with Crippen molar-refractivity contribution in [3.8, 4) is 62.8 Å². The number of imidazole rings is 1. The Kier molecular flexibility index (Phi) is 13.0. The maximum Gasteiger partial charge on any atom is 0.233 e. The highest BCUT2D eigenvalue weighted by atomic mass is 16.5. The molecule has 8 aromatic rings. The lowest BCUT2D eigenvalue weighted by atomic mass is 9.89. The molecular weight excluding hydrogens is 823 g/mol. The molecule has 66 heavy (non-hydrogen) atoms. The monoisotopic (exact) mass is 879 g/mol. The van der Waals surface area contributed by atoms with Gasteiger partial charge in [0, 0.05) is 83.6 Å². The van der Waals surface area contributed by atoms with E-state index in [1.165, 1.54) is 51.4 Å². The zero-order chi connectivity index (χ0) is 46.6. The molecule has 2 saturated carbocycles. The van der Waals surface area contributed by atoms with Crippen molar-refractivity contribution in [2.75, 3.05) is 7.11 Å². The zero-order valence-electron chi connectivity index (χ0n) is 39.3. The Morgan fingerprint density at radius 2 is 1.18 bits per heavy atom. The largest absolute Gasteiger partial charge is 0.480 e. The summed E-state index contributed by atoms with van der Waals surface area (Å²) in [5.74, 6) is 0.478. The summed E-state index contributed by atoms with van der Waals surface area (Å²) >= 11 is 0. The van der Waals surface area contributed by atoms with Crippen molar-refractivity contribution in [3.05, 3.63) is 102 Å². The summed E-state index contributed by atoms with van der Waals surface area (Å²) in [7, 11) is 3.50. The molecule has 0 radical (unpaired) electrons. The van der Waals surface area contributed by atoms with Gasteiger partial charge >= 0.3 is 0 Å². The van der Waals surface area contributed by atoms with Gasteiger partial charge in [-0.05, 0) is 74.6 Å². The lowest BCUT2D eigenvalue weighted by Gasteiger charge is -2.23. The second kappa shape index (κ2) is 19.0. The van der Waals surface area contributed by atoms with Crippen LogP contribution in [0.1, 0.15) is 102 Å². The van der Waals surface area contributed by atoms with Crippen LogP contribution in [0.2, 0.25) is 0 Å². The molecule has 14 heteroatoms. The summed E-state index contributed by atoms with van der Waals surface area (Å²) < 4.78 is 11.2. The maximum atomic E-state index is 9.63. The molecule has 0 N–H and O–H groups in total. The fourth-order valence-electron chi connectivity index (χ4n) is 9.46. The van der Waals surface area contributed by atoms with Crippen LogP contribution in [0.15, 0.2) is 79.8 Å². The number of nitrogens with zero attached hydrogens (tertiary/aromatic N) is 13. The molecule has 0 saturated heterocycles. The van der Waals surface area contributed by atoms with E-state index in [-0.39, 0.29) is 0 Å². The Bertz CT molecular complexity index is 3110. The molecule has 0 bridgehead atoms. The zero-order valence-corrected chi connectivity index (χ0v) is 39.3. The summed E-state index contributed by atoms with van der Waals surface area (Å²) in [5, 5.41) is 37.8. The summed E-state index contributed by atoms with van der Waals surface area (Å²) in [6, 6.07) is 18.2. The molecule has 2 aliphatic rings. The average molecular weight is 880 g/mol. The second-order valence-corrected chi connectivity index (χ2v) is 18.2. The number of ether oxygens (including phenoxy) is 1. The topological polar surface area (TPSA) is 175 Å². The average Bonchev–Trinajstić information content (AvgIpc) is 4.21. The molecular formula is C52H57N13O. The SMILES string of the molecule is CC.COc1cc2ccc(-c3nc(C)c(C#N)cc3-c3cnn(CC4(C)CCCC4)c3)cc2nn1.Cc1nc(-c2cnc3c(c2)ncn3C)c(-c2cnn(CC3(C)CCCC3)c2)cc1C#N. The third kappa shape index (κ3) is 9.41. The Hall–Kier alpha value is -7.32. The molecule has 336 valence electrons. The van der Waals surface area contributed by atoms with Crippen LogP contribution >= 0.6 is 0 Å². The van der Waals surface area contributed by atoms with Crippen molar-refractivity contribution < 1.29 is 4.74 Å². The summed E-state index contributed by atoms with van der Waals surface area (Å²) in [4.78, 5) is 18.6. The number of rotatable bonds is 9. The summed E-state index contributed by atoms with van der Waals surface area (Å²) in [5.41, 5.74) is 12.6. The normalized spacial score (nSPS) is 14.8. The number of pyridine rings is 3. The van der Waals surface area contributed by atoms with Gasteiger partial charge in [-0.3, -0.25) is 19.3 Å². The smallest absolute Gasteiger partial charge is 0.233 e. The predicted octanol–water partition coefficient (Wildman–Crippen LogP) is 11.0. The molecule has 0 amide bonds. The molecule has 2 aliphatic carbocycles. The molecule has 14 nitrogen and oxygen atoms in total. The van der Waals surface area contributed by atoms with Crippen molar-refractivity contribution in [1.82, 2.24) is 54.3 Å². The first kappa shape index (κ1) is 45.3. The lowest BCUT2D eigenvalue weighted by molar-refractivity contribution is 0.268. The van der Waals surface area contributed by atoms with E-state index in [1.54, 1.807) is 13.4 Å². The summed E-state index contributed by atoms with van der Waals surface area (Å²) in [6.07, 6.45) is 21.6. The van der Waals surface area contributed by atoms with Gasteiger partial charge in [0.1, 0.15) is 17.7 Å². The van der Waals surface area contributed by atoms with Crippen molar-refractivity contribution in [2.45, 2.75) is 106 Å². The highest BCUT2D eigenvalue weighted by Crippen LogP contribution is 2.41. The molecule has 7 aromatic heterocycles. The van der Waals surface area contributed by atoms with E-state index < -0.39 is 0 Å². The molecule has 0 spiro atoms. The van der Waals surface area contributed by atoms with E-state index in [0.717, 1.165) is 79.9 Å². The number of nitriles is 2. The van der Waals surface area contributed by atoms with Crippen LogP contribution in [0.5, 0.6) is 5.88 Å². The number of aromatic nitrogens is 11. The van der Waals surface area contributed by atoms with Gasteiger partial charge in [0.05, 0.1) is 65.3 Å². The van der Waals surface area contributed by atoms with Crippen LogP contribution in [0.4, 0.5) is 0 Å². The molecule has 2 fully saturated rings. The highest BCUT2D eigenvalue weighted by Gasteiger charge is 2.31.